The average Bonchev–Trinajstić information content (AvgIpc) is 2.38. The Balaban J connectivity index is 2.04. The van der Waals surface area contributed by atoms with Crippen molar-refractivity contribution in [2.24, 2.45) is 0 Å². The van der Waals surface area contributed by atoms with Gasteiger partial charge in [-0.25, -0.2) is 0 Å². The van der Waals surface area contributed by atoms with Crippen molar-refractivity contribution in [3.63, 3.8) is 0 Å². The minimum atomic E-state index is -0.0647. The highest BCUT2D eigenvalue weighted by Gasteiger charge is 2.02. The molecule has 3 nitrogen and oxygen atoms in total. The highest BCUT2D eigenvalue weighted by Crippen LogP contribution is 2.23. The van der Waals surface area contributed by atoms with Crippen LogP contribution in [0.15, 0.2) is 42.5 Å². The minimum Gasteiger partial charge on any atom is -0.507 e. The number of aromatic hydroxyl groups is 1. The first kappa shape index (κ1) is 12.9. The number of benzene rings is 2. The molecule has 0 aliphatic rings. The van der Waals surface area contributed by atoms with Crippen LogP contribution in [0.1, 0.15) is 15.9 Å². The molecule has 0 radical (unpaired) electrons. The van der Waals surface area contributed by atoms with Crippen LogP contribution >= 0.6 is 22.6 Å². The zero-order chi connectivity index (χ0) is 13.0. The summed E-state index contributed by atoms with van der Waals surface area (Å²) in [5, 5.41) is 9.51. The van der Waals surface area contributed by atoms with Gasteiger partial charge in [-0.3, -0.25) is 4.79 Å². The SMILES string of the molecule is O=Cc1ccc(OCc2ccc(I)cc2)cc1O. The molecule has 1 N–H and O–H groups in total. The first-order chi connectivity index (χ1) is 8.69. The summed E-state index contributed by atoms with van der Waals surface area (Å²) >= 11 is 2.24. The zero-order valence-electron chi connectivity index (χ0n) is 9.47. The van der Waals surface area contributed by atoms with Crippen molar-refractivity contribution in [2.75, 3.05) is 0 Å². The van der Waals surface area contributed by atoms with Crippen LogP contribution in [0.4, 0.5) is 0 Å². The third kappa shape index (κ3) is 3.22. The van der Waals surface area contributed by atoms with Gasteiger partial charge in [0.25, 0.3) is 0 Å². The van der Waals surface area contributed by atoms with Gasteiger partial charge in [0.2, 0.25) is 0 Å². The van der Waals surface area contributed by atoms with Gasteiger partial charge in [0, 0.05) is 9.64 Å². The molecule has 0 aliphatic heterocycles. The summed E-state index contributed by atoms with van der Waals surface area (Å²) in [6, 6.07) is 12.6. The summed E-state index contributed by atoms with van der Waals surface area (Å²) in [6.45, 7) is 0.427. The molecule has 2 rings (SSSR count). The van der Waals surface area contributed by atoms with E-state index in [0.29, 0.717) is 18.6 Å². The van der Waals surface area contributed by atoms with Gasteiger partial charge in [-0.05, 0) is 52.4 Å². The Kier molecular flexibility index (Phi) is 4.19. The third-order valence-corrected chi connectivity index (χ3v) is 3.17. The van der Waals surface area contributed by atoms with E-state index in [1.54, 1.807) is 6.07 Å². The number of phenols is 1. The van der Waals surface area contributed by atoms with Crippen LogP contribution in [-0.2, 0) is 6.61 Å². The number of ether oxygens (including phenoxy) is 1. The van der Waals surface area contributed by atoms with Crippen LogP contribution in [0, 0.1) is 3.57 Å². The van der Waals surface area contributed by atoms with Crippen LogP contribution in [0.3, 0.4) is 0 Å². The summed E-state index contributed by atoms with van der Waals surface area (Å²) in [7, 11) is 0. The maximum absolute atomic E-state index is 10.5. The highest BCUT2D eigenvalue weighted by molar-refractivity contribution is 14.1. The fraction of sp³-hybridized carbons (Fsp3) is 0.0714. The van der Waals surface area contributed by atoms with E-state index in [4.69, 9.17) is 4.74 Å². The molecule has 2 aromatic rings. The summed E-state index contributed by atoms with van der Waals surface area (Å²) in [5.41, 5.74) is 1.31. The first-order valence-electron chi connectivity index (χ1n) is 5.34. The van der Waals surface area contributed by atoms with Crippen LogP contribution in [0.2, 0.25) is 0 Å². The fourth-order valence-corrected chi connectivity index (χ4v) is 1.82. The topological polar surface area (TPSA) is 46.5 Å². The Labute approximate surface area is 119 Å². The molecule has 0 aliphatic carbocycles. The molecule has 0 spiro atoms. The Bertz CT molecular complexity index is 549. The lowest BCUT2D eigenvalue weighted by molar-refractivity contribution is 0.112. The van der Waals surface area contributed by atoms with Crippen molar-refractivity contribution < 1.29 is 14.6 Å². The third-order valence-electron chi connectivity index (χ3n) is 2.45. The molecule has 0 bridgehead atoms. The van der Waals surface area contributed by atoms with E-state index in [9.17, 15) is 9.90 Å². The molecule has 2 aromatic carbocycles. The number of carbonyl (C=O) groups is 1. The maximum atomic E-state index is 10.5. The van der Waals surface area contributed by atoms with Gasteiger partial charge >= 0.3 is 0 Å². The molecule has 92 valence electrons. The lowest BCUT2D eigenvalue weighted by Crippen LogP contribution is -1.95. The molecule has 0 unspecified atom stereocenters. The van der Waals surface area contributed by atoms with Crippen molar-refractivity contribution in [1.82, 2.24) is 0 Å². The van der Waals surface area contributed by atoms with Crippen LogP contribution in [0.5, 0.6) is 11.5 Å². The number of phenolic OH excluding ortho intramolecular Hbond substituents is 1. The Morgan fingerprint density at radius 3 is 2.50 bits per heavy atom. The molecule has 0 saturated heterocycles. The van der Waals surface area contributed by atoms with Crippen molar-refractivity contribution in [3.8, 4) is 11.5 Å². The summed E-state index contributed by atoms with van der Waals surface area (Å²) in [6.07, 6.45) is 0.609. The molecule has 0 atom stereocenters. The molecular weight excluding hydrogens is 343 g/mol. The van der Waals surface area contributed by atoms with E-state index in [-0.39, 0.29) is 11.3 Å². The predicted octanol–water partition coefficient (Wildman–Crippen LogP) is 3.39. The van der Waals surface area contributed by atoms with Gasteiger partial charge in [-0.1, -0.05) is 12.1 Å². The standard InChI is InChI=1S/C14H11IO3/c15-12-4-1-10(2-5-12)9-18-13-6-3-11(8-16)14(17)7-13/h1-8,17H,9H2. The molecule has 0 heterocycles. The number of rotatable bonds is 4. The molecule has 0 amide bonds. The number of halogens is 1. The van der Waals surface area contributed by atoms with Crippen molar-refractivity contribution in [2.45, 2.75) is 6.61 Å². The van der Waals surface area contributed by atoms with Crippen molar-refractivity contribution in [3.05, 3.63) is 57.2 Å². The molecule has 0 saturated carbocycles. The van der Waals surface area contributed by atoms with Gasteiger partial charge < -0.3 is 9.84 Å². The molecule has 0 aromatic heterocycles. The Morgan fingerprint density at radius 2 is 1.89 bits per heavy atom. The minimum absolute atomic E-state index is 0.0647. The van der Waals surface area contributed by atoms with Crippen molar-refractivity contribution in [1.29, 1.82) is 0 Å². The van der Waals surface area contributed by atoms with E-state index in [0.717, 1.165) is 5.56 Å². The number of hydrogen-bond donors (Lipinski definition) is 1. The summed E-state index contributed by atoms with van der Waals surface area (Å²) < 4.78 is 6.70. The average molecular weight is 354 g/mol. The van der Waals surface area contributed by atoms with E-state index >= 15 is 0 Å². The van der Waals surface area contributed by atoms with E-state index < -0.39 is 0 Å². The van der Waals surface area contributed by atoms with E-state index in [1.807, 2.05) is 24.3 Å². The Morgan fingerprint density at radius 1 is 1.17 bits per heavy atom. The molecule has 18 heavy (non-hydrogen) atoms. The number of aldehydes is 1. The monoisotopic (exact) mass is 354 g/mol. The molecule has 0 fully saturated rings. The highest BCUT2D eigenvalue weighted by atomic mass is 127. The maximum Gasteiger partial charge on any atom is 0.153 e. The summed E-state index contributed by atoms with van der Waals surface area (Å²) in [4.78, 5) is 10.5. The normalized spacial score (nSPS) is 10.1. The largest absolute Gasteiger partial charge is 0.507 e. The summed E-state index contributed by atoms with van der Waals surface area (Å²) in [5.74, 6) is 0.474. The van der Waals surface area contributed by atoms with Gasteiger partial charge in [0.15, 0.2) is 6.29 Å². The second-order valence-corrected chi connectivity index (χ2v) is 5.00. The second-order valence-electron chi connectivity index (χ2n) is 3.75. The lowest BCUT2D eigenvalue weighted by Gasteiger charge is -2.07. The molecule has 4 heteroatoms. The predicted molar refractivity (Wildman–Crippen MR) is 77.0 cm³/mol. The lowest BCUT2D eigenvalue weighted by atomic mass is 10.2. The van der Waals surface area contributed by atoms with Gasteiger partial charge in [-0.2, -0.15) is 0 Å². The smallest absolute Gasteiger partial charge is 0.153 e. The van der Waals surface area contributed by atoms with Crippen LogP contribution in [-0.4, -0.2) is 11.4 Å². The quantitative estimate of drug-likeness (QED) is 0.676. The zero-order valence-corrected chi connectivity index (χ0v) is 11.6. The van der Waals surface area contributed by atoms with Crippen LogP contribution < -0.4 is 4.74 Å². The number of hydrogen-bond acceptors (Lipinski definition) is 3. The first-order valence-corrected chi connectivity index (χ1v) is 6.42. The fourth-order valence-electron chi connectivity index (χ4n) is 1.46. The van der Waals surface area contributed by atoms with Gasteiger partial charge in [0.05, 0.1) is 5.56 Å². The van der Waals surface area contributed by atoms with Crippen LogP contribution in [0.25, 0.3) is 0 Å². The van der Waals surface area contributed by atoms with Gasteiger partial charge in [-0.15, -0.1) is 0 Å². The van der Waals surface area contributed by atoms with E-state index in [2.05, 4.69) is 22.6 Å². The van der Waals surface area contributed by atoms with E-state index in [1.165, 1.54) is 15.7 Å². The van der Waals surface area contributed by atoms with Gasteiger partial charge in [0.1, 0.15) is 18.1 Å². The molecular formula is C14H11IO3. The Hall–Kier alpha value is -1.56. The second kappa shape index (κ2) is 5.86. The van der Waals surface area contributed by atoms with Crippen molar-refractivity contribution >= 4 is 28.9 Å². The number of carbonyl (C=O) groups excluding carboxylic acids is 1.